The van der Waals surface area contributed by atoms with Crippen LogP contribution in [0.2, 0.25) is 0 Å². The highest BCUT2D eigenvalue weighted by Gasteiger charge is 2.26. The summed E-state index contributed by atoms with van der Waals surface area (Å²) in [5.41, 5.74) is 5.89. The highest BCUT2D eigenvalue weighted by atomic mass is 32.2. The maximum atomic E-state index is 13.8. The van der Waals surface area contributed by atoms with Crippen LogP contribution in [-0.2, 0) is 10.0 Å². The minimum atomic E-state index is -3.71. The first kappa shape index (κ1) is 29.9. The smallest absolute Gasteiger partial charge is 0.255 e. The number of carbonyl (C=O) groups is 1. The molecule has 0 spiro atoms. The Morgan fingerprint density at radius 3 is 2.38 bits per heavy atom. The summed E-state index contributed by atoms with van der Waals surface area (Å²) in [6, 6.07) is 28.3. The van der Waals surface area contributed by atoms with E-state index < -0.39 is 21.7 Å². The molecule has 0 saturated carbocycles. The van der Waals surface area contributed by atoms with Crippen LogP contribution in [0.5, 0.6) is 0 Å². The molecule has 7 aromatic rings. The number of anilines is 1. The van der Waals surface area contributed by atoms with E-state index in [2.05, 4.69) is 10.3 Å². The third-order valence-corrected chi connectivity index (χ3v) is 9.31. The van der Waals surface area contributed by atoms with E-state index in [1.807, 2.05) is 65.3 Å². The van der Waals surface area contributed by atoms with Crippen LogP contribution in [0, 0.1) is 5.82 Å². The van der Waals surface area contributed by atoms with Crippen LogP contribution in [0.3, 0.4) is 0 Å². The number of hydrogen-bond donors (Lipinski definition) is 1. The first-order valence-corrected chi connectivity index (χ1v) is 16.5. The topological polar surface area (TPSA) is 110 Å². The molecular formula is C36H28FN5O4S. The van der Waals surface area contributed by atoms with Crippen molar-refractivity contribution in [2.45, 2.75) is 0 Å². The highest BCUT2D eigenvalue weighted by Crippen LogP contribution is 2.42. The number of furan rings is 1. The first-order valence-electron chi connectivity index (χ1n) is 14.7. The molecule has 7 rings (SSSR count). The van der Waals surface area contributed by atoms with Crippen LogP contribution in [-0.4, -0.2) is 49.4 Å². The molecule has 0 fully saturated rings. The van der Waals surface area contributed by atoms with E-state index in [-0.39, 0.29) is 11.3 Å². The number of amides is 1. The van der Waals surface area contributed by atoms with Gasteiger partial charge in [-0.25, -0.2) is 17.5 Å². The fraction of sp³-hybridized carbons (Fsp3) is 0.0833. The van der Waals surface area contributed by atoms with Crippen LogP contribution in [0.15, 0.2) is 114 Å². The van der Waals surface area contributed by atoms with Crippen molar-refractivity contribution < 1.29 is 22.0 Å². The van der Waals surface area contributed by atoms with Gasteiger partial charge in [-0.05, 0) is 66.2 Å². The van der Waals surface area contributed by atoms with Crippen molar-refractivity contribution in [3.05, 3.63) is 121 Å². The maximum absolute atomic E-state index is 13.8. The van der Waals surface area contributed by atoms with Crippen molar-refractivity contribution in [1.82, 2.24) is 20.1 Å². The van der Waals surface area contributed by atoms with Gasteiger partial charge in [-0.3, -0.25) is 14.1 Å². The zero-order valence-electron chi connectivity index (χ0n) is 25.6. The van der Waals surface area contributed by atoms with Crippen molar-refractivity contribution >= 4 is 43.5 Å². The minimum absolute atomic E-state index is 0.238. The van der Waals surface area contributed by atoms with Crippen molar-refractivity contribution in [3.8, 4) is 39.4 Å². The lowest BCUT2D eigenvalue weighted by Crippen LogP contribution is -2.25. The SMILES string of the molecule is CNC(=O)c1c(-c2ccc(F)cc2)oc2cc(N(C)S(C)(=O)=O)c(-c3cccc(-n4nc5ccccc5c4-c4cccnc4)c3)cc12. The number of nitrogens with zero attached hydrogens (tertiary/aromatic N) is 4. The van der Waals surface area contributed by atoms with Gasteiger partial charge in [-0.2, -0.15) is 5.10 Å². The standard InChI is InChI=1S/C36H28FN5O4S/c1-38-36(43)33-29-19-28(31(41(2)47(3,44)45)20-32(29)46-35(33)22-13-15-25(37)16-14-22)23-8-6-10-26(18-23)42-34(24-9-7-17-39-21-24)27-11-4-5-12-30(27)40-42/h4-21H,1-3H3,(H,38,43). The van der Waals surface area contributed by atoms with Gasteiger partial charge < -0.3 is 9.73 Å². The Balaban J connectivity index is 1.49. The van der Waals surface area contributed by atoms with Crippen molar-refractivity contribution in [2.24, 2.45) is 0 Å². The molecule has 1 amide bonds. The molecule has 234 valence electrons. The molecule has 9 nitrogen and oxygen atoms in total. The lowest BCUT2D eigenvalue weighted by molar-refractivity contribution is 0.0964. The van der Waals surface area contributed by atoms with E-state index in [4.69, 9.17) is 9.52 Å². The van der Waals surface area contributed by atoms with Crippen LogP contribution in [0.4, 0.5) is 10.1 Å². The van der Waals surface area contributed by atoms with E-state index in [1.54, 1.807) is 24.5 Å². The average Bonchev–Trinajstić information content (AvgIpc) is 3.66. The summed E-state index contributed by atoms with van der Waals surface area (Å²) in [6.07, 6.45) is 4.62. The molecule has 0 bridgehead atoms. The molecule has 0 aliphatic heterocycles. The summed E-state index contributed by atoms with van der Waals surface area (Å²) < 4.78 is 48.8. The Bertz CT molecular complexity index is 2420. The number of nitrogens with one attached hydrogen (secondary N) is 1. The maximum Gasteiger partial charge on any atom is 0.255 e. The predicted molar refractivity (Wildman–Crippen MR) is 182 cm³/mol. The summed E-state index contributed by atoms with van der Waals surface area (Å²) in [4.78, 5) is 17.6. The summed E-state index contributed by atoms with van der Waals surface area (Å²) in [5.74, 6) is -0.596. The Kier molecular flexibility index (Phi) is 7.32. The zero-order valence-corrected chi connectivity index (χ0v) is 26.4. The molecule has 0 radical (unpaired) electrons. The molecule has 4 aromatic carbocycles. The third-order valence-electron chi connectivity index (χ3n) is 8.12. The summed E-state index contributed by atoms with van der Waals surface area (Å²) in [7, 11) is -0.732. The number of fused-ring (bicyclic) bond motifs is 2. The Labute approximate surface area is 270 Å². The largest absolute Gasteiger partial charge is 0.455 e. The van der Waals surface area contributed by atoms with Crippen molar-refractivity contribution in [1.29, 1.82) is 0 Å². The number of sulfonamides is 1. The summed E-state index contributed by atoms with van der Waals surface area (Å²) >= 11 is 0. The fourth-order valence-corrected chi connectivity index (χ4v) is 6.27. The number of aromatic nitrogens is 3. The summed E-state index contributed by atoms with van der Waals surface area (Å²) in [5, 5.41) is 9.01. The van der Waals surface area contributed by atoms with Crippen LogP contribution < -0.4 is 9.62 Å². The summed E-state index contributed by atoms with van der Waals surface area (Å²) in [6.45, 7) is 0. The number of hydrogen-bond acceptors (Lipinski definition) is 6. The Morgan fingerprint density at radius 2 is 1.66 bits per heavy atom. The van der Waals surface area contributed by atoms with Gasteiger partial charge in [0.2, 0.25) is 10.0 Å². The van der Waals surface area contributed by atoms with Crippen molar-refractivity contribution in [2.75, 3.05) is 24.7 Å². The molecular weight excluding hydrogens is 617 g/mol. The van der Waals surface area contributed by atoms with Crippen molar-refractivity contribution in [3.63, 3.8) is 0 Å². The molecule has 3 aromatic heterocycles. The van der Waals surface area contributed by atoms with Gasteiger partial charge in [0.1, 0.15) is 17.2 Å². The lowest BCUT2D eigenvalue weighted by Gasteiger charge is -2.21. The molecule has 11 heteroatoms. The molecule has 0 saturated heterocycles. The second-order valence-electron chi connectivity index (χ2n) is 11.1. The molecule has 1 N–H and O–H groups in total. The second kappa shape index (κ2) is 11.5. The molecule has 0 atom stereocenters. The van der Waals surface area contributed by atoms with Gasteiger partial charge >= 0.3 is 0 Å². The lowest BCUT2D eigenvalue weighted by atomic mass is 9.98. The van der Waals surface area contributed by atoms with E-state index in [1.165, 1.54) is 42.7 Å². The van der Waals surface area contributed by atoms with Gasteiger partial charge in [0.25, 0.3) is 5.91 Å². The normalized spacial score (nSPS) is 11.7. The van der Waals surface area contributed by atoms with Gasteiger partial charge in [0.05, 0.1) is 34.4 Å². The molecule has 0 aliphatic rings. The van der Waals surface area contributed by atoms with Crippen LogP contribution in [0.25, 0.3) is 61.3 Å². The number of pyridine rings is 1. The molecule has 0 aliphatic carbocycles. The third kappa shape index (κ3) is 5.30. The Hall–Kier alpha value is -5.81. The van der Waals surface area contributed by atoms with E-state index in [0.29, 0.717) is 33.3 Å². The predicted octanol–water partition coefficient (Wildman–Crippen LogP) is 7.06. The highest BCUT2D eigenvalue weighted by molar-refractivity contribution is 7.92. The quantitative estimate of drug-likeness (QED) is 0.199. The van der Waals surface area contributed by atoms with E-state index in [0.717, 1.165) is 34.1 Å². The van der Waals surface area contributed by atoms with Gasteiger partial charge in [0.15, 0.2) is 0 Å². The van der Waals surface area contributed by atoms with E-state index in [9.17, 15) is 17.6 Å². The van der Waals surface area contributed by atoms with Gasteiger partial charge in [-0.15, -0.1) is 0 Å². The Morgan fingerprint density at radius 1 is 0.894 bits per heavy atom. The van der Waals surface area contributed by atoms with Gasteiger partial charge in [-0.1, -0.05) is 30.3 Å². The molecule has 47 heavy (non-hydrogen) atoms. The number of carbonyl (C=O) groups excluding carboxylic acids is 1. The van der Waals surface area contributed by atoms with Gasteiger partial charge in [0, 0.05) is 60.0 Å². The van der Waals surface area contributed by atoms with Crippen LogP contribution >= 0.6 is 0 Å². The second-order valence-corrected chi connectivity index (χ2v) is 13.1. The van der Waals surface area contributed by atoms with E-state index >= 15 is 0 Å². The number of benzene rings is 4. The zero-order chi connectivity index (χ0) is 32.9. The number of rotatable bonds is 7. The minimum Gasteiger partial charge on any atom is -0.455 e. The van der Waals surface area contributed by atoms with Crippen LogP contribution in [0.1, 0.15) is 10.4 Å². The number of halogens is 1. The molecule has 3 heterocycles. The average molecular weight is 646 g/mol. The molecule has 0 unspecified atom stereocenters. The first-order chi connectivity index (χ1) is 22.6. The fourth-order valence-electron chi connectivity index (χ4n) is 5.76. The monoisotopic (exact) mass is 645 g/mol.